The first-order chi connectivity index (χ1) is 13.0. The quantitative estimate of drug-likeness (QED) is 0.851. The fraction of sp³-hybridized carbons (Fsp3) is 0.300. The molecule has 1 aliphatic rings. The lowest BCUT2D eigenvalue weighted by molar-refractivity contribution is -0.127. The molecule has 0 aromatic heterocycles. The second kappa shape index (κ2) is 7.88. The molecule has 27 heavy (non-hydrogen) atoms. The van der Waals surface area contributed by atoms with E-state index >= 15 is 0 Å². The molecular weight excluding hydrogens is 368 g/mol. The lowest BCUT2D eigenvalue weighted by Crippen LogP contribution is -2.30. The van der Waals surface area contributed by atoms with Crippen LogP contribution >= 0.6 is 11.6 Å². The van der Waals surface area contributed by atoms with Crippen LogP contribution in [0.15, 0.2) is 42.5 Å². The highest BCUT2D eigenvalue weighted by Crippen LogP contribution is 2.40. The van der Waals surface area contributed by atoms with Crippen molar-refractivity contribution in [2.45, 2.75) is 12.5 Å². The van der Waals surface area contributed by atoms with E-state index in [1.807, 2.05) is 30.3 Å². The molecule has 2 atom stereocenters. The first kappa shape index (κ1) is 19.0. The number of methoxy groups -OCH3 is 2. The Morgan fingerprint density at radius 2 is 1.81 bits per heavy atom. The molecule has 0 unspecified atom stereocenters. The number of hydrogen-bond donors (Lipinski definition) is 1. The number of likely N-dealkylation sites (tertiary alicyclic amines) is 1. The van der Waals surface area contributed by atoms with E-state index in [1.165, 1.54) is 14.2 Å². The Morgan fingerprint density at radius 3 is 2.44 bits per heavy atom. The third-order valence-electron chi connectivity index (χ3n) is 4.80. The Balaban J connectivity index is 1.89. The van der Waals surface area contributed by atoms with Gasteiger partial charge >= 0.3 is 0 Å². The minimum Gasteiger partial charge on any atom is -0.495 e. The van der Waals surface area contributed by atoms with E-state index in [2.05, 4.69) is 5.32 Å². The molecule has 0 aliphatic carbocycles. The number of rotatable bonds is 5. The lowest BCUT2D eigenvalue weighted by atomic mass is 9.93. The van der Waals surface area contributed by atoms with Gasteiger partial charge in [-0.2, -0.15) is 0 Å². The summed E-state index contributed by atoms with van der Waals surface area (Å²) in [5.74, 6) is 0.0308. The van der Waals surface area contributed by atoms with Crippen molar-refractivity contribution in [3.8, 4) is 11.5 Å². The van der Waals surface area contributed by atoms with Crippen molar-refractivity contribution in [3.63, 3.8) is 0 Å². The van der Waals surface area contributed by atoms with Crippen LogP contribution in [0, 0.1) is 5.92 Å². The second-order valence-corrected chi connectivity index (χ2v) is 6.75. The van der Waals surface area contributed by atoms with Crippen molar-refractivity contribution in [3.05, 3.63) is 53.1 Å². The van der Waals surface area contributed by atoms with E-state index in [-0.39, 0.29) is 24.3 Å². The van der Waals surface area contributed by atoms with Gasteiger partial charge in [-0.25, -0.2) is 0 Å². The van der Waals surface area contributed by atoms with Gasteiger partial charge in [-0.15, -0.1) is 0 Å². The highest BCUT2D eigenvalue weighted by Gasteiger charge is 2.42. The maximum atomic E-state index is 13.0. The van der Waals surface area contributed by atoms with E-state index in [9.17, 15) is 9.59 Å². The van der Waals surface area contributed by atoms with Crippen LogP contribution < -0.4 is 14.8 Å². The predicted octanol–water partition coefficient (Wildman–Crippen LogP) is 3.52. The monoisotopic (exact) mass is 388 g/mol. The number of nitrogens with one attached hydrogen (secondary N) is 1. The molecule has 0 spiro atoms. The molecule has 3 rings (SSSR count). The summed E-state index contributed by atoms with van der Waals surface area (Å²) in [6.45, 7) is 0. The van der Waals surface area contributed by atoms with Gasteiger partial charge in [0.1, 0.15) is 11.5 Å². The Bertz CT molecular complexity index is 857. The largest absolute Gasteiger partial charge is 0.495 e. The summed E-state index contributed by atoms with van der Waals surface area (Å²) in [5, 5.41) is 3.21. The molecule has 7 heteroatoms. The Kier molecular flexibility index (Phi) is 5.56. The van der Waals surface area contributed by atoms with Crippen molar-refractivity contribution in [2.24, 2.45) is 5.92 Å². The average Bonchev–Trinajstić information content (AvgIpc) is 2.97. The van der Waals surface area contributed by atoms with Gasteiger partial charge in [0.15, 0.2) is 0 Å². The van der Waals surface area contributed by atoms with Crippen LogP contribution in [0.25, 0.3) is 0 Å². The fourth-order valence-electron chi connectivity index (χ4n) is 3.39. The first-order valence-electron chi connectivity index (χ1n) is 8.49. The Labute approximate surface area is 163 Å². The Hall–Kier alpha value is -2.73. The van der Waals surface area contributed by atoms with E-state index < -0.39 is 5.92 Å². The minimum atomic E-state index is -0.518. The van der Waals surface area contributed by atoms with Crippen molar-refractivity contribution in [2.75, 3.05) is 26.6 Å². The molecule has 6 nitrogen and oxygen atoms in total. The molecule has 2 amide bonds. The molecule has 1 saturated heterocycles. The topological polar surface area (TPSA) is 67.9 Å². The number of ether oxygens (including phenoxy) is 2. The zero-order valence-corrected chi connectivity index (χ0v) is 16.1. The number of hydrogen-bond acceptors (Lipinski definition) is 4. The summed E-state index contributed by atoms with van der Waals surface area (Å²) < 4.78 is 10.5. The predicted molar refractivity (Wildman–Crippen MR) is 103 cm³/mol. The summed E-state index contributed by atoms with van der Waals surface area (Å²) in [6, 6.07) is 12.4. The molecule has 0 radical (unpaired) electrons. The highest BCUT2D eigenvalue weighted by atomic mass is 35.5. The van der Waals surface area contributed by atoms with Gasteiger partial charge in [-0.1, -0.05) is 41.9 Å². The van der Waals surface area contributed by atoms with Crippen LogP contribution in [0.5, 0.6) is 11.5 Å². The Morgan fingerprint density at radius 1 is 1.15 bits per heavy atom. The first-order valence-corrected chi connectivity index (χ1v) is 8.87. The molecule has 142 valence electrons. The number of carbonyl (C=O) groups excluding carboxylic acids is 2. The van der Waals surface area contributed by atoms with Gasteiger partial charge in [-0.3, -0.25) is 9.59 Å². The van der Waals surface area contributed by atoms with Gasteiger partial charge in [0.05, 0.1) is 36.9 Å². The number of benzene rings is 2. The summed E-state index contributed by atoms with van der Waals surface area (Å²) in [5.41, 5.74) is 1.35. The number of nitrogens with zero attached hydrogens (tertiary/aromatic N) is 1. The SMILES string of the molecule is COc1cc(OC)c(NC(=O)[C@H]2CC(=O)N(C)[C@@H]2c2ccccc2)cc1Cl. The third-order valence-corrected chi connectivity index (χ3v) is 5.09. The smallest absolute Gasteiger partial charge is 0.230 e. The minimum absolute atomic E-state index is 0.0660. The highest BCUT2D eigenvalue weighted by molar-refractivity contribution is 6.32. The maximum absolute atomic E-state index is 13.0. The van der Waals surface area contributed by atoms with Gasteiger partial charge < -0.3 is 19.7 Å². The molecule has 2 aromatic carbocycles. The van der Waals surface area contributed by atoms with Gasteiger partial charge in [0, 0.05) is 19.5 Å². The van der Waals surface area contributed by atoms with Gasteiger partial charge in [-0.05, 0) is 11.6 Å². The number of carbonyl (C=O) groups is 2. The lowest BCUT2D eigenvalue weighted by Gasteiger charge is -2.25. The summed E-state index contributed by atoms with van der Waals surface area (Å²) >= 11 is 6.18. The normalized spacial score (nSPS) is 19.1. The third kappa shape index (κ3) is 3.71. The second-order valence-electron chi connectivity index (χ2n) is 6.35. The molecule has 1 aliphatic heterocycles. The zero-order chi connectivity index (χ0) is 19.6. The number of amides is 2. The number of anilines is 1. The molecule has 1 heterocycles. The van der Waals surface area contributed by atoms with Gasteiger partial charge in [0.2, 0.25) is 11.8 Å². The van der Waals surface area contributed by atoms with Crippen LogP contribution in [0.3, 0.4) is 0 Å². The average molecular weight is 389 g/mol. The molecule has 0 bridgehead atoms. The van der Waals surface area contributed by atoms with Crippen LogP contribution in [-0.4, -0.2) is 38.0 Å². The molecule has 1 N–H and O–H groups in total. The summed E-state index contributed by atoms with van der Waals surface area (Å²) in [4.78, 5) is 26.9. The van der Waals surface area contributed by atoms with Crippen LogP contribution in [0.2, 0.25) is 5.02 Å². The fourth-order valence-corrected chi connectivity index (χ4v) is 3.63. The van der Waals surface area contributed by atoms with Crippen LogP contribution in [-0.2, 0) is 9.59 Å². The van der Waals surface area contributed by atoms with E-state index in [1.54, 1.807) is 24.1 Å². The van der Waals surface area contributed by atoms with Crippen LogP contribution in [0.1, 0.15) is 18.0 Å². The van der Waals surface area contributed by atoms with E-state index in [4.69, 9.17) is 21.1 Å². The van der Waals surface area contributed by atoms with Crippen molar-refractivity contribution in [1.29, 1.82) is 0 Å². The van der Waals surface area contributed by atoms with Gasteiger partial charge in [0.25, 0.3) is 0 Å². The van der Waals surface area contributed by atoms with Crippen molar-refractivity contribution in [1.82, 2.24) is 4.90 Å². The van der Waals surface area contributed by atoms with E-state index in [0.29, 0.717) is 22.2 Å². The van der Waals surface area contributed by atoms with Crippen LogP contribution in [0.4, 0.5) is 5.69 Å². The maximum Gasteiger partial charge on any atom is 0.230 e. The molecular formula is C20H21ClN2O4. The molecule has 2 aromatic rings. The summed E-state index contributed by atoms with van der Waals surface area (Å²) in [7, 11) is 4.72. The van der Waals surface area contributed by atoms with E-state index in [0.717, 1.165) is 5.56 Å². The molecule has 0 saturated carbocycles. The summed E-state index contributed by atoms with van der Waals surface area (Å²) in [6.07, 6.45) is 0.147. The number of halogens is 1. The molecule has 1 fully saturated rings. The zero-order valence-electron chi connectivity index (χ0n) is 15.4. The van der Waals surface area contributed by atoms with Crippen molar-refractivity contribution < 1.29 is 19.1 Å². The van der Waals surface area contributed by atoms with Crippen molar-refractivity contribution >= 4 is 29.1 Å². The standard InChI is InChI=1S/C20H21ClN2O4/c1-23-18(24)9-13(19(23)12-7-5-4-6-8-12)20(25)22-15-10-14(21)16(26-2)11-17(15)27-3/h4-8,10-11,13,19H,9H2,1-3H3,(H,22,25)/t13-,19+/m0/s1.